The van der Waals surface area contributed by atoms with Crippen molar-refractivity contribution in [1.29, 1.82) is 0 Å². The monoisotopic (exact) mass is 251 g/mol. The number of hydrogen-bond acceptors (Lipinski definition) is 5. The molecule has 0 radical (unpaired) electrons. The van der Waals surface area contributed by atoms with Crippen molar-refractivity contribution in [1.82, 2.24) is 15.1 Å². The van der Waals surface area contributed by atoms with E-state index in [4.69, 9.17) is 16.1 Å². The fraction of sp³-hybridized carbons (Fsp3) is 0.100. The molecule has 0 bridgehead atoms. The zero-order chi connectivity index (χ0) is 11.0. The van der Waals surface area contributed by atoms with E-state index >= 15 is 0 Å². The summed E-state index contributed by atoms with van der Waals surface area (Å²) in [6.45, 7) is 0. The van der Waals surface area contributed by atoms with E-state index in [1.807, 2.05) is 17.5 Å². The van der Waals surface area contributed by atoms with Gasteiger partial charge in [0.2, 0.25) is 11.7 Å². The summed E-state index contributed by atoms with van der Waals surface area (Å²) in [5.74, 6) is 1.17. The smallest absolute Gasteiger partial charge is 0.241 e. The fourth-order valence-electron chi connectivity index (χ4n) is 1.40. The molecule has 0 unspecified atom stereocenters. The number of rotatable bonds is 2. The Balaban J connectivity index is 2.10. The molecule has 0 aromatic carbocycles. The van der Waals surface area contributed by atoms with Gasteiger partial charge in [-0.05, 0) is 17.5 Å². The van der Waals surface area contributed by atoms with Gasteiger partial charge in [0.25, 0.3) is 0 Å². The van der Waals surface area contributed by atoms with Crippen LogP contribution in [0.2, 0.25) is 0 Å². The van der Waals surface area contributed by atoms with Crippen LogP contribution >= 0.6 is 22.9 Å². The fourth-order valence-corrected chi connectivity index (χ4v) is 2.28. The van der Waals surface area contributed by atoms with Gasteiger partial charge in [0, 0.05) is 11.8 Å². The number of thiophene rings is 1. The molecule has 0 N–H and O–H groups in total. The number of pyridine rings is 1. The van der Waals surface area contributed by atoms with Gasteiger partial charge in [-0.2, -0.15) is 4.98 Å². The summed E-state index contributed by atoms with van der Waals surface area (Å²) in [6, 6.07) is 3.97. The Morgan fingerprint density at radius 1 is 1.44 bits per heavy atom. The van der Waals surface area contributed by atoms with E-state index in [0.29, 0.717) is 11.7 Å². The normalized spacial score (nSPS) is 11.1. The van der Waals surface area contributed by atoms with E-state index in [9.17, 15) is 0 Å². The van der Waals surface area contributed by atoms with Crippen LogP contribution in [0.3, 0.4) is 0 Å². The second-order valence-electron chi connectivity index (χ2n) is 3.17. The number of halogens is 1. The van der Waals surface area contributed by atoms with E-state index < -0.39 is 0 Å². The van der Waals surface area contributed by atoms with Gasteiger partial charge in [-0.3, -0.25) is 4.98 Å². The maximum absolute atomic E-state index is 5.60. The van der Waals surface area contributed by atoms with Crippen molar-refractivity contribution < 1.29 is 4.52 Å². The molecule has 0 aliphatic heterocycles. The van der Waals surface area contributed by atoms with Crippen molar-refractivity contribution in [3.8, 4) is 11.4 Å². The van der Waals surface area contributed by atoms with E-state index in [1.165, 1.54) is 0 Å². The van der Waals surface area contributed by atoms with Crippen molar-refractivity contribution >= 4 is 33.2 Å². The van der Waals surface area contributed by atoms with Gasteiger partial charge < -0.3 is 4.52 Å². The van der Waals surface area contributed by atoms with E-state index in [1.54, 1.807) is 17.5 Å². The standard InChI is InChI=1S/C10H6ClN3OS/c11-4-9-13-10(14-15-9)6-3-8-7(12-5-6)1-2-16-8/h1-3,5H,4H2. The van der Waals surface area contributed by atoms with Crippen LogP contribution in [0.5, 0.6) is 0 Å². The van der Waals surface area contributed by atoms with E-state index in [0.717, 1.165) is 15.8 Å². The van der Waals surface area contributed by atoms with E-state index in [2.05, 4.69) is 15.1 Å². The first-order valence-corrected chi connectivity index (χ1v) is 6.00. The molecule has 0 spiro atoms. The lowest BCUT2D eigenvalue weighted by Gasteiger charge is -1.93. The Hall–Kier alpha value is -1.46. The highest BCUT2D eigenvalue weighted by Gasteiger charge is 2.09. The Morgan fingerprint density at radius 2 is 2.38 bits per heavy atom. The van der Waals surface area contributed by atoms with Crippen LogP contribution in [0.25, 0.3) is 21.6 Å². The van der Waals surface area contributed by atoms with Crippen molar-refractivity contribution in [2.24, 2.45) is 0 Å². The molecule has 0 fully saturated rings. The zero-order valence-electron chi connectivity index (χ0n) is 8.05. The molecule has 3 rings (SSSR count). The minimum absolute atomic E-state index is 0.224. The molecular weight excluding hydrogens is 246 g/mol. The summed E-state index contributed by atoms with van der Waals surface area (Å²) in [6.07, 6.45) is 1.73. The maximum Gasteiger partial charge on any atom is 0.241 e. The lowest BCUT2D eigenvalue weighted by molar-refractivity contribution is 0.391. The molecule has 80 valence electrons. The van der Waals surface area contributed by atoms with Crippen molar-refractivity contribution in [3.05, 3.63) is 29.6 Å². The lowest BCUT2D eigenvalue weighted by Crippen LogP contribution is -1.83. The molecule has 6 heteroatoms. The van der Waals surface area contributed by atoms with Crippen molar-refractivity contribution in [3.63, 3.8) is 0 Å². The SMILES string of the molecule is ClCc1nc(-c2cnc3ccsc3c2)no1. The third-order valence-electron chi connectivity index (χ3n) is 2.14. The third-order valence-corrected chi connectivity index (χ3v) is 3.23. The predicted molar refractivity (Wildman–Crippen MR) is 62.5 cm³/mol. The number of fused-ring (bicyclic) bond motifs is 1. The molecule has 0 aliphatic carbocycles. The van der Waals surface area contributed by atoms with Crippen molar-refractivity contribution in [2.75, 3.05) is 0 Å². The third kappa shape index (κ3) is 1.58. The van der Waals surface area contributed by atoms with Gasteiger partial charge in [0.1, 0.15) is 5.88 Å². The Labute approximate surface area is 99.9 Å². The van der Waals surface area contributed by atoms with Gasteiger partial charge in [-0.1, -0.05) is 5.16 Å². The second-order valence-corrected chi connectivity index (χ2v) is 4.39. The Morgan fingerprint density at radius 3 is 3.19 bits per heavy atom. The summed E-state index contributed by atoms with van der Waals surface area (Å²) >= 11 is 7.23. The summed E-state index contributed by atoms with van der Waals surface area (Å²) < 4.78 is 6.05. The molecule has 3 aromatic heterocycles. The highest BCUT2D eigenvalue weighted by Crippen LogP contribution is 2.24. The van der Waals surface area contributed by atoms with Crippen molar-refractivity contribution in [2.45, 2.75) is 5.88 Å². The summed E-state index contributed by atoms with van der Waals surface area (Å²) in [4.78, 5) is 8.45. The summed E-state index contributed by atoms with van der Waals surface area (Å²) in [5, 5.41) is 5.84. The topological polar surface area (TPSA) is 51.8 Å². The van der Waals surface area contributed by atoms with Crippen LogP contribution in [0.4, 0.5) is 0 Å². The highest BCUT2D eigenvalue weighted by atomic mass is 35.5. The first-order valence-electron chi connectivity index (χ1n) is 4.59. The Kier molecular flexibility index (Phi) is 2.34. The molecule has 3 heterocycles. The van der Waals surface area contributed by atoms with Crippen LogP contribution in [0.1, 0.15) is 5.89 Å². The van der Waals surface area contributed by atoms with Crippen LogP contribution in [0, 0.1) is 0 Å². The zero-order valence-corrected chi connectivity index (χ0v) is 9.63. The van der Waals surface area contributed by atoms with Gasteiger partial charge in [-0.15, -0.1) is 22.9 Å². The minimum atomic E-state index is 0.224. The van der Waals surface area contributed by atoms with E-state index in [-0.39, 0.29) is 5.88 Å². The number of nitrogens with zero attached hydrogens (tertiary/aromatic N) is 3. The molecule has 0 saturated carbocycles. The maximum atomic E-state index is 5.60. The molecule has 4 nitrogen and oxygen atoms in total. The van der Waals surface area contributed by atoms with Gasteiger partial charge in [0.15, 0.2) is 0 Å². The highest BCUT2D eigenvalue weighted by molar-refractivity contribution is 7.17. The number of alkyl halides is 1. The first-order chi connectivity index (χ1) is 7.86. The molecule has 0 amide bonds. The van der Waals surface area contributed by atoms with Crippen LogP contribution in [-0.2, 0) is 5.88 Å². The van der Waals surface area contributed by atoms with Crippen LogP contribution in [0.15, 0.2) is 28.2 Å². The lowest BCUT2D eigenvalue weighted by atomic mass is 10.2. The minimum Gasteiger partial charge on any atom is -0.338 e. The first kappa shape index (κ1) is 9.74. The van der Waals surface area contributed by atoms with Gasteiger partial charge >= 0.3 is 0 Å². The quantitative estimate of drug-likeness (QED) is 0.657. The average molecular weight is 252 g/mol. The number of hydrogen-bond donors (Lipinski definition) is 0. The largest absolute Gasteiger partial charge is 0.338 e. The van der Waals surface area contributed by atoms with Gasteiger partial charge in [-0.25, -0.2) is 0 Å². The number of aromatic nitrogens is 3. The molecule has 3 aromatic rings. The summed E-state index contributed by atoms with van der Waals surface area (Å²) in [7, 11) is 0. The predicted octanol–water partition coefficient (Wildman–Crippen LogP) is 3.09. The average Bonchev–Trinajstić information content (AvgIpc) is 2.96. The second kappa shape index (κ2) is 3.84. The Bertz CT molecular complexity index is 634. The van der Waals surface area contributed by atoms with Crippen LogP contribution < -0.4 is 0 Å². The summed E-state index contributed by atoms with van der Waals surface area (Å²) in [5.41, 5.74) is 1.82. The van der Waals surface area contributed by atoms with Gasteiger partial charge in [0.05, 0.1) is 10.2 Å². The molecule has 0 aliphatic rings. The molecule has 0 atom stereocenters. The van der Waals surface area contributed by atoms with Crippen LogP contribution in [-0.4, -0.2) is 15.1 Å². The molecule has 16 heavy (non-hydrogen) atoms. The molecular formula is C10H6ClN3OS. The molecule has 0 saturated heterocycles.